The van der Waals surface area contributed by atoms with Crippen molar-refractivity contribution in [3.8, 4) is 0 Å². The van der Waals surface area contributed by atoms with Crippen molar-refractivity contribution in [2.45, 2.75) is 58.0 Å². The fourth-order valence-corrected chi connectivity index (χ4v) is 4.27. The molecule has 20 heavy (non-hydrogen) atoms. The maximum absolute atomic E-state index is 4.61. The van der Waals surface area contributed by atoms with Crippen molar-refractivity contribution in [2.75, 3.05) is 19.6 Å². The van der Waals surface area contributed by atoms with Gasteiger partial charge < -0.3 is 5.32 Å². The number of nitrogens with zero attached hydrogens (tertiary/aromatic N) is 2. The molecule has 2 heterocycles. The summed E-state index contributed by atoms with van der Waals surface area (Å²) in [6.07, 6.45) is 5.18. The highest BCUT2D eigenvalue weighted by molar-refractivity contribution is 7.09. The lowest BCUT2D eigenvalue weighted by molar-refractivity contribution is 0.0739. The van der Waals surface area contributed by atoms with Crippen LogP contribution < -0.4 is 5.32 Å². The third-order valence-corrected chi connectivity index (χ3v) is 6.05. The second-order valence-corrected chi connectivity index (χ2v) is 7.68. The normalized spacial score (nSPS) is 31.6. The lowest BCUT2D eigenvalue weighted by atomic mass is 9.90. The lowest BCUT2D eigenvalue weighted by Gasteiger charge is -2.46. The average molecular weight is 293 g/mol. The molecule has 1 aromatic heterocycles. The smallest absolute Gasteiger partial charge is 0.0940 e. The number of aryl methyl sites for hydroxylation is 1. The molecule has 1 saturated carbocycles. The van der Waals surface area contributed by atoms with Crippen molar-refractivity contribution in [1.29, 1.82) is 0 Å². The Morgan fingerprint density at radius 2 is 2.30 bits per heavy atom. The van der Waals surface area contributed by atoms with Crippen molar-refractivity contribution >= 4 is 11.3 Å². The summed E-state index contributed by atoms with van der Waals surface area (Å²) in [5, 5.41) is 7.30. The fourth-order valence-electron chi connectivity index (χ4n) is 3.50. The Morgan fingerprint density at radius 1 is 1.50 bits per heavy atom. The highest BCUT2D eigenvalue weighted by Crippen LogP contribution is 2.41. The summed E-state index contributed by atoms with van der Waals surface area (Å²) in [5.41, 5.74) is 1.52. The first-order chi connectivity index (χ1) is 9.60. The summed E-state index contributed by atoms with van der Waals surface area (Å²) in [6, 6.07) is 0.697. The molecule has 112 valence electrons. The molecule has 4 heteroatoms. The molecule has 2 unspecified atom stereocenters. The third kappa shape index (κ3) is 3.07. The van der Waals surface area contributed by atoms with Gasteiger partial charge in [-0.2, -0.15) is 0 Å². The van der Waals surface area contributed by atoms with E-state index in [0.717, 1.165) is 25.4 Å². The van der Waals surface area contributed by atoms with Crippen LogP contribution in [0.3, 0.4) is 0 Å². The highest BCUT2D eigenvalue weighted by atomic mass is 32.1. The van der Waals surface area contributed by atoms with Gasteiger partial charge in [0.05, 0.1) is 5.01 Å². The van der Waals surface area contributed by atoms with Gasteiger partial charge >= 0.3 is 0 Å². The summed E-state index contributed by atoms with van der Waals surface area (Å²) < 4.78 is 0. The van der Waals surface area contributed by atoms with Crippen molar-refractivity contribution in [1.82, 2.24) is 15.2 Å². The molecule has 0 aromatic carbocycles. The minimum absolute atomic E-state index is 0.352. The number of aromatic nitrogens is 1. The van der Waals surface area contributed by atoms with Crippen molar-refractivity contribution in [3.63, 3.8) is 0 Å². The summed E-state index contributed by atoms with van der Waals surface area (Å²) >= 11 is 1.81. The predicted octanol–water partition coefficient (Wildman–Crippen LogP) is 2.85. The second-order valence-electron chi connectivity index (χ2n) is 6.74. The van der Waals surface area contributed by atoms with Crippen LogP contribution in [0, 0.1) is 12.8 Å². The molecule has 1 aromatic rings. The summed E-state index contributed by atoms with van der Waals surface area (Å²) in [4.78, 5) is 7.32. The second kappa shape index (κ2) is 5.74. The molecule has 0 bridgehead atoms. The molecule has 0 amide bonds. The van der Waals surface area contributed by atoms with E-state index < -0.39 is 0 Å². The van der Waals surface area contributed by atoms with Crippen molar-refractivity contribution < 1.29 is 0 Å². The van der Waals surface area contributed by atoms with Crippen LogP contribution in [0.5, 0.6) is 0 Å². The third-order valence-electron chi connectivity index (χ3n) is 5.02. The Morgan fingerprint density at radius 3 is 2.90 bits per heavy atom. The minimum atomic E-state index is 0.352. The van der Waals surface area contributed by atoms with Crippen LogP contribution in [0.1, 0.15) is 43.8 Å². The van der Waals surface area contributed by atoms with Gasteiger partial charge in [0.25, 0.3) is 0 Å². The Hall–Kier alpha value is -0.450. The number of nitrogens with one attached hydrogen (secondary N) is 1. The molecule has 2 fully saturated rings. The molecular formula is C16H27N3S. The Bertz CT molecular complexity index is 454. The van der Waals surface area contributed by atoms with Crippen LogP contribution in [0.15, 0.2) is 5.38 Å². The fraction of sp³-hybridized carbons (Fsp3) is 0.812. The van der Waals surface area contributed by atoms with E-state index in [0.29, 0.717) is 11.6 Å². The molecule has 3 rings (SSSR count). The Balaban J connectivity index is 1.61. The van der Waals surface area contributed by atoms with Gasteiger partial charge in [0.15, 0.2) is 0 Å². The van der Waals surface area contributed by atoms with Gasteiger partial charge in [-0.1, -0.05) is 6.92 Å². The largest absolute Gasteiger partial charge is 0.308 e. The van der Waals surface area contributed by atoms with Gasteiger partial charge in [-0.15, -0.1) is 11.3 Å². The minimum Gasteiger partial charge on any atom is -0.308 e. The van der Waals surface area contributed by atoms with E-state index in [2.05, 4.69) is 41.4 Å². The summed E-state index contributed by atoms with van der Waals surface area (Å²) in [5.74, 6) is 0.907. The molecule has 0 spiro atoms. The molecule has 1 saturated heterocycles. The van der Waals surface area contributed by atoms with Crippen molar-refractivity contribution in [2.24, 2.45) is 5.92 Å². The quantitative estimate of drug-likeness (QED) is 0.905. The van der Waals surface area contributed by atoms with Crippen LogP contribution in [0.2, 0.25) is 0 Å². The van der Waals surface area contributed by atoms with E-state index in [1.807, 2.05) is 11.3 Å². The maximum Gasteiger partial charge on any atom is 0.0940 e. The van der Waals surface area contributed by atoms with Crippen LogP contribution in [0.4, 0.5) is 0 Å². The molecule has 1 aliphatic heterocycles. The standard InChI is InChI=1S/C16H27N3S/c1-4-14-9-17-16(3,13-5-6-13)11-19(14)8-7-15-18-12(2)10-20-15/h10,13-14,17H,4-9,11H2,1-3H3. The Kier molecular flexibility index (Phi) is 4.16. The summed E-state index contributed by atoms with van der Waals surface area (Å²) in [6.45, 7) is 10.4. The van der Waals surface area contributed by atoms with Gasteiger partial charge in [-0.25, -0.2) is 4.98 Å². The molecule has 1 N–H and O–H groups in total. The molecule has 2 atom stereocenters. The Labute approximate surface area is 126 Å². The molecule has 0 radical (unpaired) electrons. The van der Waals surface area contributed by atoms with Crippen LogP contribution >= 0.6 is 11.3 Å². The highest BCUT2D eigenvalue weighted by Gasteiger charge is 2.45. The first-order valence-electron chi connectivity index (χ1n) is 8.01. The van der Waals surface area contributed by atoms with Gasteiger partial charge in [-0.05, 0) is 39.0 Å². The van der Waals surface area contributed by atoms with Gasteiger partial charge in [0, 0.05) is 48.7 Å². The van der Waals surface area contributed by atoms with Gasteiger partial charge in [0.2, 0.25) is 0 Å². The number of hydrogen-bond acceptors (Lipinski definition) is 4. The molecule has 1 aliphatic carbocycles. The van der Waals surface area contributed by atoms with Crippen LogP contribution in [0.25, 0.3) is 0 Å². The molecular weight excluding hydrogens is 266 g/mol. The topological polar surface area (TPSA) is 28.2 Å². The van der Waals surface area contributed by atoms with E-state index in [1.54, 1.807) is 0 Å². The zero-order valence-corrected chi connectivity index (χ0v) is 13.8. The number of hydrogen-bond donors (Lipinski definition) is 1. The molecule has 2 aliphatic rings. The van der Waals surface area contributed by atoms with E-state index in [9.17, 15) is 0 Å². The van der Waals surface area contributed by atoms with E-state index >= 15 is 0 Å². The maximum atomic E-state index is 4.61. The zero-order valence-electron chi connectivity index (χ0n) is 13.0. The van der Waals surface area contributed by atoms with Crippen molar-refractivity contribution in [3.05, 3.63) is 16.1 Å². The predicted molar refractivity (Wildman–Crippen MR) is 85.3 cm³/mol. The van der Waals surface area contributed by atoms with E-state index in [1.165, 1.54) is 36.5 Å². The van der Waals surface area contributed by atoms with Gasteiger partial charge in [-0.3, -0.25) is 4.90 Å². The zero-order chi connectivity index (χ0) is 14.2. The van der Waals surface area contributed by atoms with E-state index in [-0.39, 0.29) is 0 Å². The van der Waals surface area contributed by atoms with Gasteiger partial charge in [0.1, 0.15) is 0 Å². The number of rotatable bonds is 5. The first-order valence-corrected chi connectivity index (χ1v) is 8.89. The number of piperazine rings is 1. The average Bonchev–Trinajstić information content (AvgIpc) is 3.21. The lowest BCUT2D eigenvalue weighted by Crippen LogP contribution is -2.64. The number of thiazole rings is 1. The van der Waals surface area contributed by atoms with E-state index in [4.69, 9.17) is 0 Å². The SMILES string of the molecule is CCC1CNC(C)(C2CC2)CN1CCc1nc(C)cs1. The summed E-state index contributed by atoms with van der Waals surface area (Å²) in [7, 11) is 0. The molecule has 3 nitrogen and oxygen atoms in total. The van der Waals surface area contributed by atoms with Crippen LogP contribution in [-0.4, -0.2) is 41.1 Å². The first kappa shape index (κ1) is 14.5. The van der Waals surface area contributed by atoms with Crippen LogP contribution in [-0.2, 0) is 6.42 Å². The monoisotopic (exact) mass is 293 g/mol.